The third-order valence-electron chi connectivity index (χ3n) is 4.03. The van der Waals surface area contributed by atoms with Crippen LogP contribution in [0.25, 0.3) is 0 Å². The second kappa shape index (κ2) is 7.85. The molecule has 2 fully saturated rings. The van der Waals surface area contributed by atoms with Crippen LogP contribution < -0.4 is 11.3 Å². The Kier molecular flexibility index (Phi) is 6.12. The Labute approximate surface area is 124 Å². The normalized spacial score (nSPS) is 22.4. The number of nitrogens with one attached hydrogen (secondary N) is 1. The van der Waals surface area contributed by atoms with Crippen LogP contribution in [0.2, 0.25) is 0 Å². The van der Waals surface area contributed by atoms with Crippen molar-refractivity contribution in [2.24, 2.45) is 11.8 Å². The molecule has 0 aliphatic carbocycles. The van der Waals surface area contributed by atoms with E-state index in [0.717, 1.165) is 25.3 Å². The first-order valence-corrected chi connectivity index (χ1v) is 8.44. The SMILES string of the molecule is NNC(=O)C1CCN(C(=O)CN2CCCSCC2)CC1. The number of carbonyl (C=O) groups excluding carboxylic acids is 2. The molecular weight excluding hydrogens is 276 g/mol. The molecule has 114 valence electrons. The monoisotopic (exact) mass is 300 g/mol. The summed E-state index contributed by atoms with van der Waals surface area (Å²) < 4.78 is 0. The molecule has 0 aromatic heterocycles. The lowest BCUT2D eigenvalue weighted by molar-refractivity contribution is -0.136. The first-order valence-electron chi connectivity index (χ1n) is 7.29. The summed E-state index contributed by atoms with van der Waals surface area (Å²) in [7, 11) is 0. The van der Waals surface area contributed by atoms with Crippen molar-refractivity contribution in [2.75, 3.05) is 44.2 Å². The van der Waals surface area contributed by atoms with E-state index in [4.69, 9.17) is 5.84 Å². The van der Waals surface area contributed by atoms with E-state index in [-0.39, 0.29) is 17.7 Å². The van der Waals surface area contributed by atoms with Gasteiger partial charge in [-0.3, -0.25) is 19.9 Å². The number of rotatable bonds is 3. The Balaban J connectivity index is 1.75. The van der Waals surface area contributed by atoms with Gasteiger partial charge in [0.15, 0.2) is 0 Å². The second-order valence-corrected chi connectivity index (χ2v) is 6.63. The quantitative estimate of drug-likeness (QED) is 0.423. The minimum Gasteiger partial charge on any atom is -0.342 e. The van der Waals surface area contributed by atoms with Gasteiger partial charge in [-0.1, -0.05) is 0 Å². The van der Waals surface area contributed by atoms with Crippen LogP contribution in [0, 0.1) is 5.92 Å². The molecule has 3 N–H and O–H groups in total. The third-order valence-corrected chi connectivity index (χ3v) is 5.08. The highest BCUT2D eigenvalue weighted by Crippen LogP contribution is 2.18. The Morgan fingerprint density at radius 1 is 1.15 bits per heavy atom. The van der Waals surface area contributed by atoms with Gasteiger partial charge in [-0.2, -0.15) is 11.8 Å². The summed E-state index contributed by atoms with van der Waals surface area (Å²) in [6.45, 7) is 3.88. The van der Waals surface area contributed by atoms with Gasteiger partial charge in [0, 0.05) is 31.3 Å². The minimum absolute atomic E-state index is 0.0429. The molecule has 0 atom stereocenters. The summed E-state index contributed by atoms with van der Waals surface area (Å²) in [6, 6.07) is 0. The van der Waals surface area contributed by atoms with Gasteiger partial charge in [0.2, 0.25) is 11.8 Å². The van der Waals surface area contributed by atoms with Crippen LogP contribution in [-0.4, -0.2) is 65.8 Å². The minimum atomic E-state index is -0.110. The van der Waals surface area contributed by atoms with E-state index in [1.54, 1.807) is 0 Å². The van der Waals surface area contributed by atoms with E-state index < -0.39 is 0 Å². The van der Waals surface area contributed by atoms with Gasteiger partial charge in [-0.15, -0.1) is 0 Å². The summed E-state index contributed by atoms with van der Waals surface area (Å²) in [5, 5.41) is 0. The molecule has 2 heterocycles. The molecule has 0 saturated carbocycles. The molecule has 20 heavy (non-hydrogen) atoms. The van der Waals surface area contributed by atoms with Gasteiger partial charge >= 0.3 is 0 Å². The van der Waals surface area contributed by atoms with Crippen molar-refractivity contribution in [1.82, 2.24) is 15.2 Å². The van der Waals surface area contributed by atoms with Crippen LogP contribution >= 0.6 is 11.8 Å². The van der Waals surface area contributed by atoms with Crippen LogP contribution in [0.5, 0.6) is 0 Å². The molecule has 0 spiro atoms. The zero-order valence-corrected chi connectivity index (χ0v) is 12.7. The number of thioether (sulfide) groups is 1. The highest BCUT2D eigenvalue weighted by molar-refractivity contribution is 7.99. The summed E-state index contributed by atoms with van der Waals surface area (Å²) >= 11 is 1.97. The maximum Gasteiger partial charge on any atom is 0.237 e. The fourth-order valence-corrected chi connectivity index (χ4v) is 3.68. The fraction of sp³-hybridized carbons (Fsp3) is 0.846. The maximum absolute atomic E-state index is 12.3. The predicted molar refractivity (Wildman–Crippen MR) is 80.0 cm³/mol. The molecule has 2 rings (SSSR count). The summed E-state index contributed by atoms with van der Waals surface area (Å²) in [4.78, 5) is 27.9. The van der Waals surface area contributed by atoms with Crippen molar-refractivity contribution in [3.63, 3.8) is 0 Å². The summed E-state index contributed by atoms with van der Waals surface area (Å²) in [5.74, 6) is 7.51. The number of likely N-dealkylation sites (tertiary alicyclic amines) is 1. The summed E-state index contributed by atoms with van der Waals surface area (Å²) in [6.07, 6.45) is 2.59. The molecule has 0 aromatic rings. The van der Waals surface area contributed by atoms with Crippen molar-refractivity contribution < 1.29 is 9.59 Å². The molecule has 2 aliphatic heterocycles. The average molecular weight is 300 g/mol. The van der Waals surface area contributed by atoms with Gasteiger partial charge in [-0.25, -0.2) is 5.84 Å². The largest absolute Gasteiger partial charge is 0.342 e. The standard InChI is InChI=1S/C13H24N4O2S/c14-15-13(19)11-2-5-17(6-3-11)12(18)10-16-4-1-8-20-9-7-16/h11H,1-10,14H2,(H,15,19). The van der Waals surface area contributed by atoms with Crippen molar-refractivity contribution in [2.45, 2.75) is 19.3 Å². The molecule has 2 saturated heterocycles. The molecular formula is C13H24N4O2S. The highest BCUT2D eigenvalue weighted by atomic mass is 32.2. The topological polar surface area (TPSA) is 78.7 Å². The molecule has 2 aliphatic rings. The summed E-state index contributed by atoms with van der Waals surface area (Å²) in [5.41, 5.74) is 2.20. The van der Waals surface area contributed by atoms with Gasteiger partial charge < -0.3 is 4.90 Å². The van der Waals surface area contributed by atoms with E-state index in [1.165, 1.54) is 5.75 Å². The smallest absolute Gasteiger partial charge is 0.237 e. The van der Waals surface area contributed by atoms with Gasteiger partial charge in [0.1, 0.15) is 0 Å². The molecule has 7 heteroatoms. The van der Waals surface area contributed by atoms with E-state index in [0.29, 0.717) is 32.5 Å². The lowest BCUT2D eigenvalue weighted by Crippen LogP contribution is -2.47. The Morgan fingerprint density at radius 2 is 1.90 bits per heavy atom. The van der Waals surface area contributed by atoms with Gasteiger partial charge in [0.25, 0.3) is 0 Å². The highest BCUT2D eigenvalue weighted by Gasteiger charge is 2.27. The van der Waals surface area contributed by atoms with E-state index in [9.17, 15) is 9.59 Å². The van der Waals surface area contributed by atoms with Crippen LogP contribution in [-0.2, 0) is 9.59 Å². The van der Waals surface area contributed by atoms with Crippen LogP contribution in [0.1, 0.15) is 19.3 Å². The Bertz CT molecular complexity index is 337. The zero-order chi connectivity index (χ0) is 14.4. The zero-order valence-electron chi connectivity index (χ0n) is 11.8. The number of carbonyl (C=O) groups is 2. The Hall–Kier alpha value is -0.790. The van der Waals surface area contributed by atoms with E-state index >= 15 is 0 Å². The van der Waals surface area contributed by atoms with E-state index in [2.05, 4.69) is 10.3 Å². The average Bonchev–Trinajstić information content (AvgIpc) is 2.75. The lowest BCUT2D eigenvalue weighted by atomic mass is 9.96. The number of hydrogen-bond donors (Lipinski definition) is 2. The van der Waals surface area contributed by atoms with Crippen molar-refractivity contribution in [3.8, 4) is 0 Å². The molecule has 6 nitrogen and oxygen atoms in total. The van der Waals surface area contributed by atoms with Crippen LogP contribution in [0.4, 0.5) is 0 Å². The predicted octanol–water partition coefficient (Wildman–Crippen LogP) is -0.346. The number of hydrazine groups is 1. The van der Waals surface area contributed by atoms with Crippen molar-refractivity contribution >= 4 is 23.6 Å². The number of nitrogens with zero attached hydrogens (tertiary/aromatic N) is 2. The fourth-order valence-electron chi connectivity index (χ4n) is 2.76. The van der Waals surface area contributed by atoms with Crippen molar-refractivity contribution in [1.29, 1.82) is 0 Å². The first-order chi connectivity index (χ1) is 9.70. The Morgan fingerprint density at radius 3 is 2.60 bits per heavy atom. The molecule has 2 amide bonds. The van der Waals surface area contributed by atoms with Crippen LogP contribution in [0.15, 0.2) is 0 Å². The maximum atomic E-state index is 12.3. The first kappa shape index (κ1) is 15.6. The van der Waals surface area contributed by atoms with Gasteiger partial charge in [0.05, 0.1) is 6.54 Å². The molecule has 0 radical (unpaired) electrons. The van der Waals surface area contributed by atoms with Gasteiger partial charge in [-0.05, 0) is 31.6 Å². The third kappa shape index (κ3) is 4.36. The number of piperidine rings is 1. The number of amides is 2. The number of nitrogens with two attached hydrogens (primary N) is 1. The lowest BCUT2D eigenvalue weighted by Gasteiger charge is -2.32. The van der Waals surface area contributed by atoms with Crippen molar-refractivity contribution in [3.05, 3.63) is 0 Å². The van der Waals surface area contributed by atoms with Crippen LogP contribution in [0.3, 0.4) is 0 Å². The second-order valence-electron chi connectivity index (χ2n) is 5.41. The van der Waals surface area contributed by atoms with E-state index in [1.807, 2.05) is 16.7 Å². The molecule has 0 aromatic carbocycles. The molecule has 0 bridgehead atoms. The molecule has 0 unspecified atom stereocenters. The number of hydrogen-bond acceptors (Lipinski definition) is 5.